The molecule has 0 aromatic heterocycles. The van der Waals surface area contributed by atoms with Crippen molar-refractivity contribution in [2.24, 2.45) is 0 Å². The van der Waals surface area contributed by atoms with Crippen molar-refractivity contribution in [3.8, 4) is 0 Å². The summed E-state index contributed by atoms with van der Waals surface area (Å²) in [5.41, 5.74) is 0.942. The van der Waals surface area contributed by atoms with Crippen LogP contribution in [0.25, 0.3) is 10.8 Å². The molecule has 0 spiro atoms. The van der Waals surface area contributed by atoms with Crippen LogP contribution >= 0.6 is 0 Å². The van der Waals surface area contributed by atoms with Gasteiger partial charge in [0, 0.05) is 38.8 Å². The van der Waals surface area contributed by atoms with E-state index in [0.717, 1.165) is 11.1 Å². The number of piperazine rings is 1. The van der Waals surface area contributed by atoms with Crippen LogP contribution in [0.4, 0.5) is 5.69 Å². The van der Waals surface area contributed by atoms with Crippen molar-refractivity contribution in [2.75, 3.05) is 31.5 Å². The summed E-state index contributed by atoms with van der Waals surface area (Å²) in [6.45, 7) is 5.88. The molecule has 1 heterocycles. The van der Waals surface area contributed by atoms with E-state index in [9.17, 15) is 9.59 Å². The Morgan fingerprint density at radius 3 is 2.25 bits per heavy atom. The van der Waals surface area contributed by atoms with Crippen LogP contribution in [0, 0.1) is 0 Å². The second kappa shape index (κ2) is 6.91. The first-order chi connectivity index (χ1) is 11.5. The first kappa shape index (κ1) is 16.3. The van der Waals surface area contributed by atoms with Crippen LogP contribution in [0.3, 0.4) is 0 Å². The van der Waals surface area contributed by atoms with E-state index in [0.29, 0.717) is 26.2 Å². The summed E-state index contributed by atoms with van der Waals surface area (Å²) in [5, 5.41) is 5.63. The number of anilines is 1. The summed E-state index contributed by atoms with van der Waals surface area (Å²) in [5.74, 6) is 0.149. The molecule has 0 bridgehead atoms. The van der Waals surface area contributed by atoms with Crippen LogP contribution in [0.5, 0.6) is 0 Å². The number of hydrogen-bond donors (Lipinski definition) is 1. The molecule has 5 nitrogen and oxygen atoms in total. The average molecular weight is 325 g/mol. The quantitative estimate of drug-likeness (QED) is 0.942. The van der Waals surface area contributed by atoms with Gasteiger partial charge in [-0.3, -0.25) is 9.59 Å². The third-order valence-electron chi connectivity index (χ3n) is 4.54. The van der Waals surface area contributed by atoms with Gasteiger partial charge >= 0.3 is 0 Å². The number of hydrogen-bond acceptors (Lipinski definition) is 3. The van der Waals surface area contributed by atoms with Crippen LogP contribution < -0.4 is 5.32 Å². The van der Waals surface area contributed by atoms with Gasteiger partial charge in [-0.25, -0.2) is 0 Å². The van der Waals surface area contributed by atoms with Crippen molar-refractivity contribution in [1.29, 1.82) is 0 Å². The number of benzene rings is 2. The van der Waals surface area contributed by atoms with Gasteiger partial charge in [-0.15, -0.1) is 0 Å². The van der Waals surface area contributed by atoms with Crippen molar-refractivity contribution >= 4 is 28.3 Å². The summed E-state index contributed by atoms with van der Waals surface area (Å²) < 4.78 is 0. The number of rotatable bonds is 3. The van der Waals surface area contributed by atoms with Gasteiger partial charge in [0.25, 0.3) is 0 Å². The first-order valence-corrected chi connectivity index (χ1v) is 8.34. The number of carbonyl (C=O) groups excluding carboxylic acids is 2. The molecule has 24 heavy (non-hydrogen) atoms. The molecule has 3 rings (SSSR count). The van der Waals surface area contributed by atoms with Gasteiger partial charge in [0.1, 0.15) is 6.04 Å². The molecule has 1 aliphatic rings. The summed E-state index contributed by atoms with van der Waals surface area (Å²) in [7, 11) is 0. The van der Waals surface area contributed by atoms with Crippen LogP contribution in [0.2, 0.25) is 0 Å². The molecule has 2 amide bonds. The average Bonchev–Trinajstić information content (AvgIpc) is 2.61. The number of nitrogens with zero attached hydrogens (tertiary/aromatic N) is 2. The maximum absolute atomic E-state index is 12.6. The minimum absolute atomic E-state index is 0.0736. The van der Waals surface area contributed by atoms with Crippen molar-refractivity contribution in [1.82, 2.24) is 9.80 Å². The Labute approximate surface area is 142 Å². The fourth-order valence-electron chi connectivity index (χ4n) is 3.11. The third kappa shape index (κ3) is 3.50. The first-order valence-electron chi connectivity index (χ1n) is 8.34. The second-order valence-electron chi connectivity index (χ2n) is 6.26. The zero-order valence-corrected chi connectivity index (χ0v) is 14.2. The van der Waals surface area contributed by atoms with Crippen molar-refractivity contribution in [3.05, 3.63) is 42.5 Å². The van der Waals surface area contributed by atoms with E-state index in [1.807, 2.05) is 30.0 Å². The highest BCUT2D eigenvalue weighted by Crippen LogP contribution is 2.19. The maximum Gasteiger partial charge on any atom is 0.244 e. The molecule has 1 aliphatic heterocycles. The van der Waals surface area contributed by atoms with Crippen LogP contribution in [0.15, 0.2) is 42.5 Å². The molecule has 0 unspecified atom stereocenters. The lowest BCUT2D eigenvalue weighted by atomic mass is 10.1. The highest BCUT2D eigenvalue weighted by Gasteiger charge is 2.25. The molecule has 1 atom stereocenters. The van der Waals surface area contributed by atoms with Crippen molar-refractivity contribution in [2.45, 2.75) is 19.9 Å². The minimum Gasteiger partial charge on any atom is -0.374 e. The predicted molar refractivity (Wildman–Crippen MR) is 95.9 cm³/mol. The highest BCUT2D eigenvalue weighted by molar-refractivity contribution is 5.88. The molecule has 1 fully saturated rings. The predicted octanol–water partition coefficient (Wildman–Crippen LogP) is 2.33. The molecular formula is C19H23N3O2. The zero-order valence-electron chi connectivity index (χ0n) is 14.2. The topological polar surface area (TPSA) is 52.7 Å². The maximum atomic E-state index is 12.6. The van der Waals surface area contributed by atoms with Gasteiger partial charge in [0.2, 0.25) is 11.8 Å². The highest BCUT2D eigenvalue weighted by atomic mass is 16.2. The van der Waals surface area contributed by atoms with Crippen molar-refractivity contribution < 1.29 is 9.59 Å². The van der Waals surface area contributed by atoms with Gasteiger partial charge in [-0.1, -0.05) is 30.3 Å². The van der Waals surface area contributed by atoms with Gasteiger partial charge in [-0.2, -0.15) is 0 Å². The number of amides is 2. The lowest BCUT2D eigenvalue weighted by Gasteiger charge is -2.35. The third-order valence-corrected chi connectivity index (χ3v) is 4.54. The molecule has 2 aromatic rings. The number of carbonyl (C=O) groups is 2. The Kier molecular flexibility index (Phi) is 4.69. The zero-order chi connectivity index (χ0) is 17.1. The molecule has 0 saturated carbocycles. The van der Waals surface area contributed by atoms with E-state index in [-0.39, 0.29) is 17.9 Å². The van der Waals surface area contributed by atoms with Crippen LogP contribution in [-0.2, 0) is 9.59 Å². The Bertz CT molecular complexity index is 751. The molecule has 5 heteroatoms. The molecule has 2 aromatic carbocycles. The molecule has 1 saturated heterocycles. The molecule has 0 radical (unpaired) electrons. The monoisotopic (exact) mass is 325 g/mol. The lowest BCUT2D eigenvalue weighted by Crippen LogP contribution is -2.53. The summed E-state index contributed by atoms with van der Waals surface area (Å²) >= 11 is 0. The van der Waals surface area contributed by atoms with Crippen molar-refractivity contribution in [3.63, 3.8) is 0 Å². The van der Waals surface area contributed by atoms with E-state index >= 15 is 0 Å². The summed E-state index contributed by atoms with van der Waals surface area (Å²) in [4.78, 5) is 27.6. The van der Waals surface area contributed by atoms with Crippen LogP contribution in [-0.4, -0.2) is 53.8 Å². The second-order valence-corrected chi connectivity index (χ2v) is 6.26. The van der Waals surface area contributed by atoms with Crippen LogP contribution in [0.1, 0.15) is 13.8 Å². The van der Waals surface area contributed by atoms with E-state index in [4.69, 9.17) is 0 Å². The van der Waals surface area contributed by atoms with E-state index < -0.39 is 0 Å². The van der Waals surface area contributed by atoms with Gasteiger partial charge in [-0.05, 0) is 29.8 Å². The van der Waals surface area contributed by atoms with E-state index in [1.54, 1.807) is 11.8 Å². The fourth-order valence-corrected chi connectivity index (χ4v) is 3.11. The van der Waals surface area contributed by atoms with Gasteiger partial charge in [0.05, 0.1) is 0 Å². The lowest BCUT2D eigenvalue weighted by molar-refractivity contribution is -0.138. The summed E-state index contributed by atoms with van der Waals surface area (Å²) in [6, 6.07) is 14.0. The normalized spacial score (nSPS) is 16.1. The van der Waals surface area contributed by atoms with E-state index in [1.165, 1.54) is 5.39 Å². The number of fused-ring (bicyclic) bond motifs is 1. The minimum atomic E-state index is -0.296. The van der Waals surface area contributed by atoms with Gasteiger partial charge < -0.3 is 15.1 Å². The molecule has 126 valence electrons. The number of nitrogens with one attached hydrogen (secondary N) is 1. The Hall–Kier alpha value is -2.56. The smallest absolute Gasteiger partial charge is 0.244 e. The summed E-state index contributed by atoms with van der Waals surface area (Å²) in [6.07, 6.45) is 0. The SMILES string of the molecule is CC(=O)N1CCN(C(=O)[C@H](C)Nc2ccc3ccccc3c2)CC1. The Balaban J connectivity index is 1.62. The standard InChI is InChI=1S/C19H23N3O2/c1-14(19(24)22-11-9-21(10-12-22)15(2)23)20-18-8-7-16-5-3-4-6-17(16)13-18/h3-8,13-14,20H,9-12H2,1-2H3/t14-/m0/s1. The Morgan fingerprint density at radius 2 is 1.58 bits per heavy atom. The molecule has 0 aliphatic carbocycles. The molecule has 1 N–H and O–H groups in total. The Morgan fingerprint density at radius 1 is 0.958 bits per heavy atom. The largest absolute Gasteiger partial charge is 0.374 e. The van der Waals surface area contributed by atoms with E-state index in [2.05, 4.69) is 29.6 Å². The fraction of sp³-hybridized carbons (Fsp3) is 0.368. The molecular weight excluding hydrogens is 302 g/mol. The van der Waals surface area contributed by atoms with Gasteiger partial charge in [0.15, 0.2) is 0 Å².